The van der Waals surface area contributed by atoms with Crippen LogP contribution in [0.5, 0.6) is 0 Å². The second kappa shape index (κ2) is 6.10. The van der Waals surface area contributed by atoms with Gasteiger partial charge in [0.05, 0.1) is 0 Å². The molecule has 0 amide bonds. The van der Waals surface area contributed by atoms with E-state index >= 15 is 0 Å². The van der Waals surface area contributed by atoms with E-state index in [0.29, 0.717) is 0 Å². The van der Waals surface area contributed by atoms with Crippen LogP contribution in [0.4, 0.5) is 5.69 Å². The van der Waals surface area contributed by atoms with Crippen molar-refractivity contribution in [3.63, 3.8) is 0 Å². The van der Waals surface area contributed by atoms with Crippen LogP contribution < -0.4 is 4.57 Å². The summed E-state index contributed by atoms with van der Waals surface area (Å²) in [5.74, 6) is 0. The normalized spacial score (nSPS) is 12.3. The first-order chi connectivity index (χ1) is 9.54. The van der Waals surface area contributed by atoms with Gasteiger partial charge in [0.1, 0.15) is 0 Å². The van der Waals surface area contributed by atoms with Crippen molar-refractivity contribution in [2.45, 2.75) is 26.6 Å². The molecule has 0 radical (unpaired) electrons. The molecule has 2 heteroatoms. The Balaban J connectivity index is 2.52. The fourth-order valence-corrected chi connectivity index (χ4v) is 4.40. The molecule has 0 unspecified atom stereocenters. The quantitative estimate of drug-likeness (QED) is 0.679. The minimum absolute atomic E-state index is 1.28. The van der Waals surface area contributed by atoms with E-state index in [1.807, 2.05) is 0 Å². The summed E-state index contributed by atoms with van der Waals surface area (Å²) in [5.41, 5.74) is 3.86. The number of allylic oxidation sites excluding steroid dienone is 1. The highest BCUT2D eigenvalue weighted by Gasteiger charge is 2.27. The first-order valence-corrected chi connectivity index (χ1v) is 10.6. The Kier molecular flexibility index (Phi) is 4.45. The number of hydrogen-bond acceptors (Lipinski definition) is 1. The summed E-state index contributed by atoms with van der Waals surface area (Å²) in [7, 11) is -1.53. The van der Waals surface area contributed by atoms with Crippen molar-refractivity contribution in [1.82, 2.24) is 0 Å². The smallest absolute Gasteiger partial charge is 0.153 e. The zero-order valence-corrected chi connectivity index (χ0v) is 13.8. The number of para-hydroxylation sites is 1. The molecule has 0 N–H and O–H groups in total. The average molecular weight is 281 g/mol. The van der Waals surface area contributed by atoms with Gasteiger partial charge < -0.3 is 4.57 Å². The second-order valence-electron chi connectivity index (χ2n) is 5.88. The molecule has 0 aromatic heterocycles. The maximum atomic E-state index is 2.53. The summed E-state index contributed by atoms with van der Waals surface area (Å²) in [6.45, 7) is 9.27. The molecule has 0 bridgehead atoms. The highest BCUT2D eigenvalue weighted by atomic mass is 28.3. The number of benzene rings is 2. The highest BCUT2D eigenvalue weighted by molar-refractivity contribution is 6.81. The zero-order chi connectivity index (χ0) is 14.6. The number of nitrogens with zero attached hydrogens (tertiary/aromatic N) is 1. The van der Waals surface area contributed by atoms with Crippen LogP contribution in [0.25, 0.3) is 5.70 Å². The summed E-state index contributed by atoms with van der Waals surface area (Å²) in [4.78, 5) is 0. The molecule has 0 atom stereocenters. The van der Waals surface area contributed by atoms with Crippen LogP contribution in [0.15, 0.2) is 66.7 Å². The van der Waals surface area contributed by atoms with Crippen LogP contribution >= 0.6 is 0 Å². The summed E-state index contributed by atoms with van der Waals surface area (Å²) >= 11 is 0. The first-order valence-electron chi connectivity index (χ1n) is 7.11. The molecule has 2 aromatic carbocycles. The zero-order valence-electron chi connectivity index (χ0n) is 12.8. The second-order valence-corrected chi connectivity index (χ2v) is 10.7. The van der Waals surface area contributed by atoms with Crippen LogP contribution in [0.3, 0.4) is 0 Å². The van der Waals surface area contributed by atoms with Crippen molar-refractivity contribution in [2.75, 3.05) is 4.57 Å². The molecule has 2 aromatic rings. The monoisotopic (exact) mass is 281 g/mol. The number of hydrogen-bond donors (Lipinski definition) is 0. The topological polar surface area (TPSA) is 3.24 Å². The molecule has 0 aliphatic carbocycles. The molecular weight excluding hydrogens is 258 g/mol. The molecule has 0 aliphatic rings. The minimum atomic E-state index is -1.53. The Morgan fingerprint density at radius 1 is 0.850 bits per heavy atom. The predicted octanol–water partition coefficient (Wildman–Crippen LogP) is 5.39. The van der Waals surface area contributed by atoms with Crippen molar-refractivity contribution in [3.8, 4) is 0 Å². The number of rotatable bonds is 4. The van der Waals surface area contributed by atoms with E-state index in [0.717, 1.165) is 0 Å². The standard InChI is InChI=1S/C18H23NSi/c1-5-18(16-12-8-6-9-13-16)19(20(2,3)4)17-14-10-7-11-15-17/h5-15H,1-4H3/b18-5-. The third-order valence-corrected chi connectivity index (χ3v) is 5.11. The highest BCUT2D eigenvalue weighted by Crippen LogP contribution is 2.31. The van der Waals surface area contributed by atoms with Crippen molar-refractivity contribution >= 4 is 19.6 Å². The van der Waals surface area contributed by atoms with Crippen LogP contribution in [0, 0.1) is 0 Å². The Morgan fingerprint density at radius 3 is 1.80 bits per heavy atom. The molecule has 0 saturated carbocycles. The van der Waals surface area contributed by atoms with Gasteiger partial charge in [-0.1, -0.05) is 74.2 Å². The maximum Gasteiger partial charge on any atom is 0.153 e. The van der Waals surface area contributed by atoms with E-state index in [2.05, 4.69) is 97.9 Å². The van der Waals surface area contributed by atoms with Crippen LogP contribution in [-0.2, 0) is 0 Å². The molecule has 1 nitrogen and oxygen atoms in total. The Morgan fingerprint density at radius 2 is 1.35 bits per heavy atom. The van der Waals surface area contributed by atoms with Gasteiger partial charge >= 0.3 is 0 Å². The van der Waals surface area contributed by atoms with Gasteiger partial charge in [-0.15, -0.1) is 0 Å². The van der Waals surface area contributed by atoms with Gasteiger partial charge in [0, 0.05) is 11.4 Å². The van der Waals surface area contributed by atoms with E-state index in [-0.39, 0.29) is 0 Å². The van der Waals surface area contributed by atoms with Crippen LogP contribution in [0.1, 0.15) is 12.5 Å². The Bertz CT molecular complexity index is 567. The van der Waals surface area contributed by atoms with Crippen molar-refractivity contribution < 1.29 is 0 Å². The lowest BCUT2D eigenvalue weighted by atomic mass is 10.1. The van der Waals surface area contributed by atoms with Gasteiger partial charge in [-0.05, 0) is 24.6 Å². The fraction of sp³-hybridized carbons (Fsp3) is 0.222. The molecule has 104 valence electrons. The lowest BCUT2D eigenvalue weighted by Crippen LogP contribution is -2.44. The fourth-order valence-electron chi connectivity index (χ4n) is 2.50. The molecule has 0 fully saturated rings. The van der Waals surface area contributed by atoms with Gasteiger partial charge in [-0.3, -0.25) is 0 Å². The lowest BCUT2D eigenvalue weighted by molar-refractivity contribution is 1.32. The third kappa shape index (κ3) is 3.20. The summed E-state index contributed by atoms with van der Waals surface area (Å²) in [5, 5.41) is 0. The van der Waals surface area contributed by atoms with Crippen LogP contribution in [-0.4, -0.2) is 8.24 Å². The third-order valence-electron chi connectivity index (χ3n) is 3.27. The van der Waals surface area contributed by atoms with Gasteiger partial charge in [-0.25, -0.2) is 0 Å². The van der Waals surface area contributed by atoms with Crippen molar-refractivity contribution in [2.24, 2.45) is 0 Å². The van der Waals surface area contributed by atoms with Gasteiger partial charge in [-0.2, -0.15) is 0 Å². The molecule has 0 spiro atoms. The van der Waals surface area contributed by atoms with Gasteiger partial charge in [0.25, 0.3) is 0 Å². The summed E-state index contributed by atoms with van der Waals surface area (Å²) < 4.78 is 2.53. The van der Waals surface area contributed by atoms with Gasteiger partial charge in [0.2, 0.25) is 0 Å². The molecule has 0 saturated heterocycles. The Labute approximate surface area is 123 Å². The maximum absolute atomic E-state index is 2.53. The molecule has 0 heterocycles. The van der Waals surface area contributed by atoms with Gasteiger partial charge in [0.15, 0.2) is 8.24 Å². The summed E-state index contributed by atoms with van der Waals surface area (Å²) in [6.07, 6.45) is 2.22. The average Bonchev–Trinajstić information content (AvgIpc) is 2.45. The SMILES string of the molecule is C/C=C(/c1ccccc1)N(c1ccccc1)[Si](C)(C)C. The van der Waals surface area contributed by atoms with E-state index in [1.54, 1.807) is 0 Å². The van der Waals surface area contributed by atoms with Crippen molar-refractivity contribution in [1.29, 1.82) is 0 Å². The molecule has 2 rings (SSSR count). The minimum Gasteiger partial charge on any atom is -0.369 e. The number of anilines is 1. The predicted molar refractivity (Wildman–Crippen MR) is 92.4 cm³/mol. The lowest BCUT2D eigenvalue weighted by Gasteiger charge is -2.38. The summed E-state index contributed by atoms with van der Waals surface area (Å²) in [6, 6.07) is 21.3. The first kappa shape index (κ1) is 14.6. The molecule has 20 heavy (non-hydrogen) atoms. The molecular formula is C18H23NSi. The van der Waals surface area contributed by atoms with Crippen molar-refractivity contribution in [3.05, 3.63) is 72.3 Å². The van der Waals surface area contributed by atoms with Crippen LogP contribution in [0.2, 0.25) is 19.6 Å². The van der Waals surface area contributed by atoms with E-state index < -0.39 is 8.24 Å². The van der Waals surface area contributed by atoms with E-state index in [4.69, 9.17) is 0 Å². The Hall–Kier alpha value is -1.80. The molecule has 0 aliphatic heterocycles. The van der Waals surface area contributed by atoms with E-state index in [1.165, 1.54) is 16.9 Å². The largest absolute Gasteiger partial charge is 0.369 e. The van der Waals surface area contributed by atoms with E-state index in [9.17, 15) is 0 Å².